The predicted octanol–water partition coefficient (Wildman–Crippen LogP) is 4.91. The van der Waals surface area contributed by atoms with E-state index in [2.05, 4.69) is 80.7 Å². The first-order valence-electron chi connectivity index (χ1n) is 7.99. The lowest BCUT2D eigenvalue weighted by molar-refractivity contribution is 0.432. The highest BCUT2D eigenvalue weighted by atomic mass is 14.9. The highest BCUT2D eigenvalue weighted by Gasteiger charge is 2.12. The SMILES string of the molecule is Cc1cccc(CCNC(CC(C)C)c2ccccc2)c1. The lowest BCUT2D eigenvalue weighted by atomic mass is 9.97. The Labute approximate surface area is 129 Å². The van der Waals surface area contributed by atoms with Crippen LogP contribution in [0.5, 0.6) is 0 Å². The second-order valence-electron chi connectivity index (χ2n) is 6.29. The molecule has 1 nitrogen and oxygen atoms in total. The van der Waals surface area contributed by atoms with Gasteiger partial charge in [-0.15, -0.1) is 0 Å². The summed E-state index contributed by atoms with van der Waals surface area (Å²) in [6.07, 6.45) is 2.26. The van der Waals surface area contributed by atoms with Crippen molar-refractivity contribution in [3.05, 3.63) is 71.3 Å². The van der Waals surface area contributed by atoms with E-state index in [1.165, 1.54) is 23.1 Å². The van der Waals surface area contributed by atoms with Gasteiger partial charge in [0, 0.05) is 6.04 Å². The molecule has 0 radical (unpaired) electrons. The average molecular weight is 281 g/mol. The van der Waals surface area contributed by atoms with E-state index in [1.807, 2.05) is 0 Å². The zero-order chi connectivity index (χ0) is 15.1. The first-order chi connectivity index (χ1) is 10.1. The molecule has 1 N–H and O–H groups in total. The zero-order valence-corrected chi connectivity index (χ0v) is 13.5. The topological polar surface area (TPSA) is 12.0 Å². The van der Waals surface area contributed by atoms with E-state index >= 15 is 0 Å². The van der Waals surface area contributed by atoms with Crippen LogP contribution >= 0.6 is 0 Å². The molecule has 0 aliphatic heterocycles. The van der Waals surface area contributed by atoms with Gasteiger partial charge in [0.1, 0.15) is 0 Å². The van der Waals surface area contributed by atoms with Gasteiger partial charge in [0.05, 0.1) is 0 Å². The lowest BCUT2D eigenvalue weighted by Crippen LogP contribution is -2.25. The molecule has 0 aromatic heterocycles. The summed E-state index contributed by atoms with van der Waals surface area (Å²) < 4.78 is 0. The minimum Gasteiger partial charge on any atom is -0.310 e. The molecule has 0 fully saturated rings. The number of hydrogen-bond acceptors (Lipinski definition) is 1. The Morgan fingerprint density at radius 3 is 2.38 bits per heavy atom. The molecular formula is C20H27N. The van der Waals surface area contributed by atoms with Crippen molar-refractivity contribution in [3.63, 3.8) is 0 Å². The van der Waals surface area contributed by atoms with E-state index in [0.717, 1.165) is 13.0 Å². The summed E-state index contributed by atoms with van der Waals surface area (Å²) in [7, 11) is 0. The first kappa shape index (κ1) is 15.8. The number of nitrogens with one attached hydrogen (secondary N) is 1. The van der Waals surface area contributed by atoms with E-state index < -0.39 is 0 Å². The largest absolute Gasteiger partial charge is 0.310 e. The zero-order valence-electron chi connectivity index (χ0n) is 13.5. The van der Waals surface area contributed by atoms with E-state index in [1.54, 1.807) is 0 Å². The van der Waals surface area contributed by atoms with Crippen LogP contribution in [0.2, 0.25) is 0 Å². The van der Waals surface area contributed by atoms with Gasteiger partial charge in [0.25, 0.3) is 0 Å². The Balaban J connectivity index is 1.93. The van der Waals surface area contributed by atoms with E-state index in [0.29, 0.717) is 12.0 Å². The van der Waals surface area contributed by atoms with E-state index in [4.69, 9.17) is 0 Å². The molecule has 0 heterocycles. The quantitative estimate of drug-likeness (QED) is 0.760. The molecule has 21 heavy (non-hydrogen) atoms. The molecule has 2 rings (SSSR count). The fourth-order valence-corrected chi connectivity index (χ4v) is 2.75. The minimum atomic E-state index is 0.455. The Bertz CT molecular complexity index is 531. The molecule has 1 heteroatoms. The number of aryl methyl sites for hydroxylation is 1. The summed E-state index contributed by atoms with van der Waals surface area (Å²) in [6.45, 7) is 7.76. The maximum absolute atomic E-state index is 3.74. The van der Waals surface area contributed by atoms with Crippen molar-refractivity contribution < 1.29 is 0 Å². The van der Waals surface area contributed by atoms with Crippen molar-refractivity contribution >= 4 is 0 Å². The third-order valence-corrected chi connectivity index (χ3v) is 3.80. The maximum Gasteiger partial charge on any atom is 0.0322 e. The van der Waals surface area contributed by atoms with Crippen LogP contribution in [0.15, 0.2) is 54.6 Å². The normalized spacial score (nSPS) is 12.6. The summed E-state index contributed by atoms with van der Waals surface area (Å²) in [6, 6.07) is 20.1. The number of benzene rings is 2. The van der Waals surface area contributed by atoms with Crippen LogP contribution in [-0.2, 0) is 6.42 Å². The van der Waals surface area contributed by atoms with Crippen molar-refractivity contribution in [3.8, 4) is 0 Å². The van der Waals surface area contributed by atoms with Crippen molar-refractivity contribution in [1.29, 1.82) is 0 Å². The molecule has 0 bridgehead atoms. The molecule has 0 saturated carbocycles. The van der Waals surface area contributed by atoms with Crippen molar-refractivity contribution in [2.24, 2.45) is 5.92 Å². The fraction of sp³-hybridized carbons (Fsp3) is 0.400. The first-order valence-corrected chi connectivity index (χ1v) is 7.99. The number of hydrogen-bond donors (Lipinski definition) is 1. The van der Waals surface area contributed by atoms with Crippen LogP contribution in [0.1, 0.15) is 43.0 Å². The van der Waals surface area contributed by atoms with Crippen LogP contribution in [0.4, 0.5) is 0 Å². The summed E-state index contributed by atoms with van der Waals surface area (Å²) in [5, 5.41) is 3.74. The van der Waals surface area contributed by atoms with Gasteiger partial charge in [-0.3, -0.25) is 0 Å². The van der Waals surface area contributed by atoms with Crippen LogP contribution in [0.3, 0.4) is 0 Å². The molecule has 112 valence electrons. The summed E-state index contributed by atoms with van der Waals surface area (Å²) in [5.41, 5.74) is 4.16. The Hall–Kier alpha value is -1.60. The smallest absolute Gasteiger partial charge is 0.0322 e. The Morgan fingerprint density at radius 1 is 0.952 bits per heavy atom. The molecule has 2 aromatic carbocycles. The summed E-state index contributed by atoms with van der Waals surface area (Å²) in [4.78, 5) is 0. The van der Waals surface area contributed by atoms with Crippen molar-refractivity contribution in [1.82, 2.24) is 5.32 Å². The van der Waals surface area contributed by atoms with Crippen molar-refractivity contribution in [2.75, 3.05) is 6.54 Å². The molecule has 0 spiro atoms. The predicted molar refractivity (Wildman–Crippen MR) is 91.5 cm³/mol. The molecule has 1 unspecified atom stereocenters. The van der Waals surface area contributed by atoms with Gasteiger partial charge in [-0.05, 0) is 43.4 Å². The molecule has 0 saturated heterocycles. The van der Waals surface area contributed by atoms with Crippen LogP contribution in [-0.4, -0.2) is 6.54 Å². The van der Waals surface area contributed by atoms with Gasteiger partial charge in [-0.25, -0.2) is 0 Å². The minimum absolute atomic E-state index is 0.455. The van der Waals surface area contributed by atoms with Gasteiger partial charge in [-0.2, -0.15) is 0 Å². The molecule has 0 amide bonds. The third kappa shape index (κ3) is 5.35. The van der Waals surface area contributed by atoms with Gasteiger partial charge in [0.15, 0.2) is 0 Å². The lowest BCUT2D eigenvalue weighted by Gasteiger charge is -2.21. The Kier molecular flexibility index (Phi) is 6.01. The monoisotopic (exact) mass is 281 g/mol. The third-order valence-electron chi connectivity index (χ3n) is 3.80. The highest BCUT2D eigenvalue weighted by molar-refractivity contribution is 5.23. The van der Waals surface area contributed by atoms with Crippen LogP contribution in [0.25, 0.3) is 0 Å². The van der Waals surface area contributed by atoms with Gasteiger partial charge in [-0.1, -0.05) is 74.0 Å². The molecular weight excluding hydrogens is 254 g/mol. The second kappa shape index (κ2) is 7.99. The van der Waals surface area contributed by atoms with Crippen LogP contribution in [0, 0.1) is 12.8 Å². The molecule has 2 aromatic rings. The molecule has 0 aliphatic rings. The van der Waals surface area contributed by atoms with E-state index in [9.17, 15) is 0 Å². The molecule has 0 aliphatic carbocycles. The number of rotatable bonds is 7. The summed E-state index contributed by atoms with van der Waals surface area (Å²) >= 11 is 0. The van der Waals surface area contributed by atoms with Gasteiger partial charge in [0.2, 0.25) is 0 Å². The highest BCUT2D eigenvalue weighted by Crippen LogP contribution is 2.21. The van der Waals surface area contributed by atoms with Gasteiger partial charge >= 0.3 is 0 Å². The second-order valence-corrected chi connectivity index (χ2v) is 6.29. The fourth-order valence-electron chi connectivity index (χ4n) is 2.75. The summed E-state index contributed by atoms with van der Waals surface area (Å²) in [5.74, 6) is 0.696. The van der Waals surface area contributed by atoms with Crippen LogP contribution < -0.4 is 5.32 Å². The van der Waals surface area contributed by atoms with Crippen molar-refractivity contribution in [2.45, 2.75) is 39.7 Å². The van der Waals surface area contributed by atoms with E-state index in [-0.39, 0.29) is 0 Å². The molecule has 1 atom stereocenters. The van der Waals surface area contributed by atoms with Gasteiger partial charge < -0.3 is 5.32 Å². The average Bonchev–Trinajstić information content (AvgIpc) is 2.47. The Morgan fingerprint density at radius 2 is 1.71 bits per heavy atom. The maximum atomic E-state index is 3.74. The standard InChI is InChI=1S/C20H27N/c1-16(2)14-20(19-10-5-4-6-11-19)21-13-12-18-9-7-8-17(3)15-18/h4-11,15-16,20-21H,12-14H2,1-3H3.